The number of carbonyl (C=O) groups is 1. The van der Waals surface area contributed by atoms with E-state index in [-0.39, 0.29) is 40.6 Å². The van der Waals surface area contributed by atoms with Gasteiger partial charge in [0.25, 0.3) is 11.6 Å². The highest BCUT2D eigenvalue weighted by atomic mass is 32.2. The number of non-ortho nitro benzene ring substituents is 1. The molecule has 1 heterocycles. The molecule has 0 amide bonds. The summed E-state index contributed by atoms with van der Waals surface area (Å²) < 4.78 is 37.2. The second-order valence-corrected chi connectivity index (χ2v) is 8.40. The van der Waals surface area contributed by atoms with E-state index < -0.39 is 20.9 Å². The molecular weight excluding hydrogens is 428 g/mol. The second kappa shape index (κ2) is 9.02. The Morgan fingerprint density at radius 2 is 1.77 bits per heavy atom. The van der Waals surface area contributed by atoms with Gasteiger partial charge in [0.05, 0.1) is 15.4 Å². The van der Waals surface area contributed by atoms with Crippen molar-refractivity contribution in [3.05, 3.63) is 70.1 Å². The average Bonchev–Trinajstić information content (AvgIpc) is 3.20. The van der Waals surface area contributed by atoms with Crippen molar-refractivity contribution >= 4 is 21.7 Å². The van der Waals surface area contributed by atoms with Gasteiger partial charge in [0.2, 0.25) is 15.9 Å². The third-order valence-corrected chi connectivity index (χ3v) is 5.58. The quantitative estimate of drug-likeness (QED) is 0.312. The van der Waals surface area contributed by atoms with E-state index in [0.29, 0.717) is 5.56 Å². The van der Waals surface area contributed by atoms with Crippen molar-refractivity contribution in [3.8, 4) is 11.5 Å². The molecule has 0 fully saturated rings. The van der Waals surface area contributed by atoms with E-state index >= 15 is 0 Å². The van der Waals surface area contributed by atoms with Gasteiger partial charge in [0, 0.05) is 23.7 Å². The van der Waals surface area contributed by atoms with E-state index in [1.165, 1.54) is 48.5 Å². The number of esters is 1. The summed E-state index contributed by atoms with van der Waals surface area (Å²) in [7, 11) is -3.66. The van der Waals surface area contributed by atoms with Gasteiger partial charge >= 0.3 is 5.97 Å². The van der Waals surface area contributed by atoms with E-state index in [1.54, 1.807) is 13.8 Å². The van der Waals surface area contributed by atoms with Crippen LogP contribution in [0.15, 0.2) is 57.8 Å². The maximum atomic E-state index is 12.2. The fourth-order valence-electron chi connectivity index (χ4n) is 2.51. The number of nitrogens with one attached hydrogen (secondary N) is 1. The Balaban J connectivity index is 1.62. The van der Waals surface area contributed by atoms with Crippen LogP contribution in [-0.2, 0) is 21.4 Å². The van der Waals surface area contributed by atoms with Gasteiger partial charge in [-0.25, -0.2) is 17.9 Å². The molecule has 0 aliphatic heterocycles. The van der Waals surface area contributed by atoms with E-state index in [0.717, 1.165) is 0 Å². The second-order valence-electron chi connectivity index (χ2n) is 6.68. The number of sulfonamides is 1. The number of carbonyl (C=O) groups excluding carboxylic acids is 1. The Morgan fingerprint density at radius 1 is 1.13 bits per heavy atom. The first-order valence-corrected chi connectivity index (χ1v) is 10.5. The van der Waals surface area contributed by atoms with Crippen LogP contribution in [-0.4, -0.2) is 35.5 Å². The molecule has 0 aliphatic carbocycles. The van der Waals surface area contributed by atoms with Crippen molar-refractivity contribution in [3.63, 3.8) is 0 Å². The summed E-state index contributed by atoms with van der Waals surface area (Å²) >= 11 is 0. The SMILES string of the molecule is CC(C)NS(=O)(=O)c1ccc(C(=O)OCc2nnc(-c3ccc([N+](=O)[O-])cc3)o2)cc1. The number of nitro groups is 1. The minimum absolute atomic E-state index is 0.0297. The Hall–Kier alpha value is -3.64. The molecule has 0 spiro atoms. The lowest BCUT2D eigenvalue weighted by atomic mass is 10.2. The van der Waals surface area contributed by atoms with Gasteiger partial charge in [-0.1, -0.05) is 0 Å². The molecule has 0 saturated carbocycles. The highest BCUT2D eigenvalue weighted by molar-refractivity contribution is 7.89. The predicted octanol–water partition coefficient (Wildman–Crippen LogP) is 2.69. The fourth-order valence-corrected chi connectivity index (χ4v) is 3.76. The lowest BCUT2D eigenvalue weighted by Crippen LogP contribution is -2.30. The van der Waals surface area contributed by atoms with Gasteiger partial charge < -0.3 is 9.15 Å². The molecule has 31 heavy (non-hydrogen) atoms. The monoisotopic (exact) mass is 446 g/mol. The van der Waals surface area contributed by atoms with Gasteiger partial charge in [0.15, 0.2) is 6.61 Å². The lowest BCUT2D eigenvalue weighted by molar-refractivity contribution is -0.384. The topological polar surface area (TPSA) is 155 Å². The van der Waals surface area contributed by atoms with Crippen LogP contribution < -0.4 is 4.72 Å². The molecule has 11 nitrogen and oxygen atoms in total. The number of aromatic nitrogens is 2. The smallest absolute Gasteiger partial charge is 0.338 e. The zero-order valence-corrected chi connectivity index (χ0v) is 17.3. The van der Waals surface area contributed by atoms with Crippen molar-refractivity contribution in [2.75, 3.05) is 0 Å². The average molecular weight is 446 g/mol. The first-order chi connectivity index (χ1) is 14.7. The number of hydrogen-bond donors (Lipinski definition) is 1. The summed E-state index contributed by atoms with van der Waals surface area (Å²) in [5.74, 6) is -0.550. The molecule has 12 heteroatoms. The van der Waals surface area contributed by atoms with Gasteiger partial charge in [-0.15, -0.1) is 10.2 Å². The van der Waals surface area contributed by atoms with Crippen molar-refractivity contribution in [1.29, 1.82) is 0 Å². The molecule has 0 radical (unpaired) electrons. The van der Waals surface area contributed by atoms with Gasteiger partial charge in [-0.3, -0.25) is 10.1 Å². The highest BCUT2D eigenvalue weighted by Gasteiger charge is 2.17. The number of rotatable bonds is 8. The van der Waals surface area contributed by atoms with Gasteiger partial charge in [-0.05, 0) is 50.2 Å². The van der Waals surface area contributed by atoms with Crippen molar-refractivity contribution < 1.29 is 27.3 Å². The maximum absolute atomic E-state index is 12.2. The summed E-state index contributed by atoms with van der Waals surface area (Å²) in [6, 6.07) is 10.6. The summed E-state index contributed by atoms with van der Waals surface area (Å²) in [4.78, 5) is 22.4. The zero-order valence-electron chi connectivity index (χ0n) is 16.5. The summed E-state index contributed by atoms with van der Waals surface area (Å²) in [5.41, 5.74) is 0.553. The van der Waals surface area contributed by atoms with E-state index in [9.17, 15) is 23.3 Å². The van der Waals surface area contributed by atoms with Crippen molar-refractivity contribution in [1.82, 2.24) is 14.9 Å². The highest BCUT2D eigenvalue weighted by Crippen LogP contribution is 2.21. The van der Waals surface area contributed by atoms with E-state index in [2.05, 4.69) is 14.9 Å². The Bertz CT molecular complexity index is 1190. The number of nitrogens with zero attached hydrogens (tertiary/aromatic N) is 3. The summed E-state index contributed by atoms with van der Waals surface area (Å²) in [5, 5.41) is 18.3. The molecule has 1 N–H and O–H groups in total. The normalized spacial score (nSPS) is 11.5. The molecule has 3 aromatic rings. The predicted molar refractivity (Wildman–Crippen MR) is 107 cm³/mol. The molecule has 0 saturated heterocycles. The molecule has 0 aliphatic rings. The van der Waals surface area contributed by atoms with Crippen molar-refractivity contribution in [2.45, 2.75) is 31.4 Å². The Morgan fingerprint density at radius 3 is 2.35 bits per heavy atom. The van der Waals surface area contributed by atoms with Crippen LogP contribution >= 0.6 is 0 Å². The lowest BCUT2D eigenvalue weighted by Gasteiger charge is -2.09. The van der Waals surface area contributed by atoms with Crippen LogP contribution in [0.2, 0.25) is 0 Å². The van der Waals surface area contributed by atoms with Gasteiger partial charge in [-0.2, -0.15) is 0 Å². The first-order valence-electron chi connectivity index (χ1n) is 9.02. The molecule has 0 unspecified atom stereocenters. The molecule has 1 aromatic heterocycles. The van der Waals surface area contributed by atoms with Crippen molar-refractivity contribution in [2.24, 2.45) is 0 Å². The van der Waals surface area contributed by atoms with Gasteiger partial charge in [0.1, 0.15) is 0 Å². The third-order valence-electron chi connectivity index (χ3n) is 3.91. The minimum atomic E-state index is -3.66. The number of nitro benzene ring substituents is 1. The number of ether oxygens (including phenoxy) is 1. The fraction of sp³-hybridized carbons (Fsp3) is 0.211. The maximum Gasteiger partial charge on any atom is 0.338 e. The number of benzene rings is 2. The van der Waals surface area contributed by atoms with Crippen LogP contribution in [0.25, 0.3) is 11.5 Å². The molecule has 162 valence electrons. The van der Waals surface area contributed by atoms with Crippen LogP contribution in [0.3, 0.4) is 0 Å². The molecule has 3 rings (SSSR count). The van der Waals surface area contributed by atoms with Crippen LogP contribution in [0.5, 0.6) is 0 Å². The Kier molecular flexibility index (Phi) is 6.42. The molecule has 2 aromatic carbocycles. The Labute approximate surface area is 177 Å². The minimum Gasteiger partial charge on any atom is -0.452 e. The first kappa shape index (κ1) is 22.1. The van der Waals surface area contributed by atoms with Crippen LogP contribution in [0, 0.1) is 10.1 Å². The largest absolute Gasteiger partial charge is 0.452 e. The summed E-state index contributed by atoms with van der Waals surface area (Å²) in [6.07, 6.45) is 0. The molecule has 0 atom stereocenters. The standard InChI is InChI=1S/C19H18N4O7S/c1-12(2)22-31(27,28)16-9-5-14(6-10-16)19(24)29-11-17-20-21-18(30-17)13-3-7-15(8-4-13)23(25)26/h3-10,12,22H,11H2,1-2H3. The van der Waals surface area contributed by atoms with E-state index in [1.807, 2.05) is 0 Å². The molecular formula is C19H18N4O7S. The molecule has 0 bridgehead atoms. The third kappa shape index (κ3) is 5.49. The van der Waals surface area contributed by atoms with Crippen LogP contribution in [0.4, 0.5) is 5.69 Å². The number of hydrogen-bond acceptors (Lipinski definition) is 9. The van der Waals surface area contributed by atoms with E-state index in [4.69, 9.17) is 9.15 Å². The summed E-state index contributed by atoms with van der Waals surface area (Å²) in [6.45, 7) is 3.11. The van der Waals surface area contributed by atoms with Crippen LogP contribution in [0.1, 0.15) is 30.1 Å². The zero-order chi connectivity index (χ0) is 22.6.